The van der Waals surface area contributed by atoms with Crippen molar-refractivity contribution < 1.29 is 24.2 Å². The molecule has 0 radical (unpaired) electrons. The van der Waals surface area contributed by atoms with Crippen LogP contribution in [-0.4, -0.2) is 67.3 Å². The highest BCUT2D eigenvalue weighted by Gasteiger charge is 2.20. The molecule has 0 aromatic heterocycles. The summed E-state index contributed by atoms with van der Waals surface area (Å²) in [6.45, 7) is 1.32. The molecule has 5 nitrogen and oxygen atoms in total. The van der Waals surface area contributed by atoms with E-state index >= 15 is 0 Å². The second-order valence-corrected chi connectivity index (χ2v) is 7.38. The number of methoxy groups -OCH3 is 2. The van der Waals surface area contributed by atoms with Gasteiger partial charge in [-0.1, -0.05) is 12.1 Å². The van der Waals surface area contributed by atoms with Gasteiger partial charge in [0.2, 0.25) is 0 Å². The van der Waals surface area contributed by atoms with E-state index in [1.807, 2.05) is 0 Å². The third-order valence-corrected chi connectivity index (χ3v) is 5.48. The minimum absolute atomic E-state index is 0.0572. The number of rotatable bonds is 13. The molecule has 1 aromatic rings. The van der Waals surface area contributed by atoms with Crippen molar-refractivity contribution in [2.75, 3.05) is 50.4 Å². The van der Waals surface area contributed by atoms with Crippen LogP contribution in [0.2, 0.25) is 0 Å². The van der Waals surface area contributed by atoms with E-state index in [1.165, 1.54) is 12.1 Å². The van der Waals surface area contributed by atoms with E-state index in [4.69, 9.17) is 14.6 Å². The summed E-state index contributed by atoms with van der Waals surface area (Å²) >= 11 is 3.39. The molecular formula is C17H24O5S2. The zero-order valence-corrected chi connectivity index (χ0v) is 15.7. The molecule has 0 unspecified atom stereocenters. The Kier molecular flexibility index (Phi) is 10.8. The van der Waals surface area contributed by atoms with Crippen molar-refractivity contribution in [2.45, 2.75) is 0 Å². The monoisotopic (exact) mass is 372 g/mol. The number of aromatic carboxylic acids is 1. The number of ether oxygens (including phenoxy) is 2. The van der Waals surface area contributed by atoms with Crippen molar-refractivity contribution in [3.05, 3.63) is 35.4 Å². The maximum atomic E-state index is 12.7. The predicted molar refractivity (Wildman–Crippen MR) is 99.6 cm³/mol. The van der Waals surface area contributed by atoms with E-state index in [9.17, 15) is 9.59 Å². The fourth-order valence-electron chi connectivity index (χ4n) is 1.95. The lowest BCUT2D eigenvalue weighted by atomic mass is 10.00. The SMILES string of the molecule is COCCSCC(CSCCOC)C(=O)c1ccc(C(=O)O)cc1. The number of carbonyl (C=O) groups excluding carboxylic acids is 1. The Labute approximate surface area is 151 Å². The van der Waals surface area contributed by atoms with Crippen molar-refractivity contribution in [1.82, 2.24) is 0 Å². The van der Waals surface area contributed by atoms with Crippen LogP contribution in [0.15, 0.2) is 24.3 Å². The van der Waals surface area contributed by atoms with Gasteiger partial charge in [0.15, 0.2) is 5.78 Å². The van der Waals surface area contributed by atoms with Gasteiger partial charge < -0.3 is 14.6 Å². The molecule has 0 spiro atoms. The Morgan fingerprint density at radius 1 is 0.958 bits per heavy atom. The second kappa shape index (κ2) is 12.4. The number of carboxylic acid groups (broad SMARTS) is 1. The van der Waals surface area contributed by atoms with Crippen LogP contribution >= 0.6 is 23.5 Å². The first-order chi connectivity index (χ1) is 11.6. The third-order valence-electron chi connectivity index (χ3n) is 3.29. The molecule has 0 bridgehead atoms. The van der Waals surface area contributed by atoms with Crippen molar-refractivity contribution >= 4 is 35.3 Å². The molecule has 1 aromatic carbocycles. The molecule has 0 atom stereocenters. The standard InChI is InChI=1S/C17H24O5S2/c1-21-7-9-23-11-15(12-24-10-8-22-2)16(18)13-3-5-14(6-4-13)17(19)20/h3-6,15H,7-12H2,1-2H3,(H,19,20). The lowest BCUT2D eigenvalue weighted by Crippen LogP contribution is -2.21. The van der Waals surface area contributed by atoms with Gasteiger partial charge in [-0.2, -0.15) is 23.5 Å². The van der Waals surface area contributed by atoms with E-state index in [2.05, 4.69) is 0 Å². The summed E-state index contributed by atoms with van der Waals surface area (Å²) in [5, 5.41) is 8.94. The van der Waals surface area contributed by atoms with Crippen LogP contribution in [0.4, 0.5) is 0 Å². The molecule has 7 heteroatoms. The Bertz CT molecular complexity index is 492. The Morgan fingerprint density at radius 2 is 1.42 bits per heavy atom. The molecule has 0 saturated heterocycles. The summed E-state index contributed by atoms with van der Waals surface area (Å²) in [5.41, 5.74) is 0.747. The molecule has 0 amide bonds. The van der Waals surface area contributed by atoms with Crippen LogP contribution in [0.1, 0.15) is 20.7 Å². The first-order valence-electron chi connectivity index (χ1n) is 7.61. The van der Waals surface area contributed by atoms with Crippen LogP contribution in [0.3, 0.4) is 0 Å². The third kappa shape index (κ3) is 7.70. The molecule has 0 fully saturated rings. The maximum Gasteiger partial charge on any atom is 0.335 e. The molecule has 134 valence electrons. The van der Waals surface area contributed by atoms with Gasteiger partial charge in [-0.15, -0.1) is 0 Å². The number of carbonyl (C=O) groups is 2. The first-order valence-corrected chi connectivity index (χ1v) is 9.92. The molecule has 0 saturated carbocycles. The summed E-state index contributed by atoms with van der Waals surface area (Å²) in [7, 11) is 3.32. The number of Topliss-reactive ketones (excluding diaryl/α,β-unsaturated/α-hetero) is 1. The molecular weight excluding hydrogens is 348 g/mol. The van der Waals surface area contributed by atoms with Crippen LogP contribution in [0.25, 0.3) is 0 Å². The quantitative estimate of drug-likeness (QED) is 0.421. The smallest absolute Gasteiger partial charge is 0.335 e. The van der Waals surface area contributed by atoms with Gasteiger partial charge in [0.05, 0.1) is 18.8 Å². The Hall–Kier alpha value is -1.02. The van der Waals surface area contributed by atoms with Crippen molar-refractivity contribution in [2.24, 2.45) is 5.92 Å². The van der Waals surface area contributed by atoms with E-state index < -0.39 is 5.97 Å². The number of hydrogen-bond donors (Lipinski definition) is 1. The number of carboxylic acids is 1. The predicted octanol–water partition coefficient (Wildman–Crippen LogP) is 2.94. The van der Waals surface area contributed by atoms with Crippen molar-refractivity contribution in [3.63, 3.8) is 0 Å². The topological polar surface area (TPSA) is 72.8 Å². The average Bonchev–Trinajstić information content (AvgIpc) is 2.60. The lowest BCUT2D eigenvalue weighted by molar-refractivity contribution is 0.0696. The van der Waals surface area contributed by atoms with Crippen LogP contribution < -0.4 is 0 Å². The highest BCUT2D eigenvalue weighted by molar-refractivity contribution is 8.00. The summed E-state index contributed by atoms with van der Waals surface area (Å²) < 4.78 is 10.1. The molecule has 0 aliphatic rings. The van der Waals surface area contributed by atoms with Crippen LogP contribution in [0, 0.1) is 5.92 Å². The van der Waals surface area contributed by atoms with E-state index in [0.29, 0.717) is 18.8 Å². The highest BCUT2D eigenvalue weighted by atomic mass is 32.2. The number of thioether (sulfide) groups is 2. The highest BCUT2D eigenvalue weighted by Crippen LogP contribution is 2.20. The summed E-state index contributed by atoms with van der Waals surface area (Å²) in [4.78, 5) is 23.6. The fourth-order valence-corrected chi connectivity index (χ4v) is 4.11. The van der Waals surface area contributed by atoms with Gasteiger partial charge in [0, 0.05) is 48.7 Å². The van der Waals surface area contributed by atoms with Crippen LogP contribution in [0.5, 0.6) is 0 Å². The van der Waals surface area contributed by atoms with E-state index in [-0.39, 0.29) is 17.3 Å². The number of ketones is 1. The fraction of sp³-hybridized carbons (Fsp3) is 0.529. The van der Waals surface area contributed by atoms with Crippen molar-refractivity contribution in [1.29, 1.82) is 0 Å². The minimum Gasteiger partial charge on any atom is -0.478 e. The zero-order valence-electron chi connectivity index (χ0n) is 14.0. The summed E-state index contributed by atoms with van der Waals surface area (Å²) in [6, 6.07) is 6.14. The molecule has 24 heavy (non-hydrogen) atoms. The van der Waals surface area contributed by atoms with E-state index in [1.54, 1.807) is 49.9 Å². The minimum atomic E-state index is -0.990. The number of benzene rings is 1. The van der Waals surface area contributed by atoms with Gasteiger partial charge in [-0.25, -0.2) is 4.79 Å². The summed E-state index contributed by atoms with van der Waals surface area (Å²) in [5.74, 6) is 2.11. The molecule has 1 N–H and O–H groups in total. The van der Waals surface area contributed by atoms with Crippen molar-refractivity contribution in [3.8, 4) is 0 Å². The van der Waals surface area contributed by atoms with E-state index in [0.717, 1.165) is 23.0 Å². The molecule has 0 heterocycles. The molecule has 0 aliphatic carbocycles. The van der Waals surface area contributed by atoms with Gasteiger partial charge in [-0.05, 0) is 12.1 Å². The molecule has 0 aliphatic heterocycles. The normalized spacial score (nSPS) is 11.0. The van der Waals surface area contributed by atoms with Gasteiger partial charge in [0.25, 0.3) is 0 Å². The number of hydrogen-bond acceptors (Lipinski definition) is 6. The van der Waals surface area contributed by atoms with Gasteiger partial charge >= 0.3 is 5.97 Å². The average molecular weight is 373 g/mol. The van der Waals surface area contributed by atoms with Gasteiger partial charge in [-0.3, -0.25) is 4.79 Å². The second-order valence-electron chi connectivity index (χ2n) is 5.08. The largest absolute Gasteiger partial charge is 0.478 e. The lowest BCUT2D eigenvalue weighted by Gasteiger charge is -2.15. The van der Waals surface area contributed by atoms with Gasteiger partial charge in [0.1, 0.15) is 0 Å². The maximum absolute atomic E-state index is 12.7. The Morgan fingerprint density at radius 3 is 1.83 bits per heavy atom. The molecule has 1 rings (SSSR count). The van der Waals surface area contributed by atoms with Crippen LogP contribution in [-0.2, 0) is 9.47 Å². The Balaban J connectivity index is 2.67. The zero-order chi connectivity index (χ0) is 17.8. The first kappa shape index (κ1) is 21.0. The summed E-state index contributed by atoms with van der Waals surface area (Å²) in [6.07, 6.45) is 0.